The molecule has 2 amide bonds. The second kappa shape index (κ2) is 7.49. The summed E-state index contributed by atoms with van der Waals surface area (Å²) in [6.45, 7) is 0.876. The first-order chi connectivity index (χ1) is 16.1. The van der Waals surface area contributed by atoms with E-state index in [1.54, 1.807) is 12.0 Å². The van der Waals surface area contributed by atoms with Crippen LogP contribution < -0.4 is 15.0 Å². The predicted molar refractivity (Wildman–Crippen MR) is 124 cm³/mol. The molecule has 0 aliphatic carbocycles. The number of methoxy groups -OCH3 is 1. The number of nitrogens with zero attached hydrogens (tertiary/aromatic N) is 1. The van der Waals surface area contributed by atoms with Gasteiger partial charge in [0.05, 0.1) is 37.3 Å². The molecule has 2 fully saturated rings. The molecule has 3 aliphatic rings. The first kappa shape index (κ1) is 20.1. The molecular formula is C26H25N3O4. The van der Waals surface area contributed by atoms with Crippen molar-refractivity contribution in [1.82, 2.24) is 10.3 Å². The van der Waals surface area contributed by atoms with Gasteiger partial charge in [-0.25, -0.2) is 0 Å². The van der Waals surface area contributed by atoms with Gasteiger partial charge in [0.1, 0.15) is 11.4 Å². The van der Waals surface area contributed by atoms with Crippen molar-refractivity contribution in [2.24, 2.45) is 11.8 Å². The third kappa shape index (κ3) is 2.99. The van der Waals surface area contributed by atoms with Crippen LogP contribution in [-0.4, -0.2) is 48.7 Å². The van der Waals surface area contributed by atoms with Crippen LogP contribution in [0.1, 0.15) is 5.56 Å². The number of benzene rings is 2. The lowest BCUT2D eigenvalue weighted by Crippen LogP contribution is -2.44. The molecule has 2 aromatic carbocycles. The molecule has 1 aromatic heterocycles. The number of amides is 2. The molecule has 2 saturated heterocycles. The van der Waals surface area contributed by atoms with Crippen molar-refractivity contribution in [1.29, 1.82) is 0 Å². The zero-order valence-electron chi connectivity index (χ0n) is 18.3. The molecule has 3 aromatic rings. The summed E-state index contributed by atoms with van der Waals surface area (Å²) in [4.78, 5) is 31.7. The monoisotopic (exact) mass is 443 g/mol. The first-order valence-electron chi connectivity index (χ1n) is 11.3. The maximum atomic E-state index is 13.5. The lowest BCUT2D eigenvalue weighted by Gasteiger charge is -2.23. The summed E-state index contributed by atoms with van der Waals surface area (Å²) in [6, 6.07) is 15.6. The second-order valence-corrected chi connectivity index (χ2v) is 8.90. The summed E-state index contributed by atoms with van der Waals surface area (Å²) in [7, 11) is 1.59. The molecule has 2 bridgehead atoms. The van der Waals surface area contributed by atoms with Gasteiger partial charge in [0.15, 0.2) is 0 Å². The highest BCUT2D eigenvalue weighted by Crippen LogP contribution is 2.53. The summed E-state index contributed by atoms with van der Waals surface area (Å²) in [5.74, 6) is -0.675. The minimum atomic E-state index is -0.762. The molecule has 168 valence electrons. The van der Waals surface area contributed by atoms with E-state index in [1.165, 1.54) is 0 Å². The largest absolute Gasteiger partial charge is 0.495 e. The van der Waals surface area contributed by atoms with Crippen molar-refractivity contribution >= 4 is 28.4 Å². The van der Waals surface area contributed by atoms with E-state index >= 15 is 0 Å². The van der Waals surface area contributed by atoms with Gasteiger partial charge in [0.25, 0.3) is 0 Å². The molecule has 2 N–H and O–H groups in total. The smallest absolute Gasteiger partial charge is 0.234 e. The molecular weight excluding hydrogens is 418 g/mol. The lowest BCUT2D eigenvalue weighted by atomic mass is 9.77. The Morgan fingerprint density at radius 1 is 1.24 bits per heavy atom. The van der Waals surface area contributed by atoms with E-state index in [0.717, 1.165) is 16.5 Å². The maximum absolute atomic E-state index is 13.5. The number of carbonyl (C=O) groups is 2. The van der Waals surface area contributed by atoms with Crippen molar-refractivity contribution in [3.8, 4) is 5.75 Å². The topological polar surface area (TPSA) is 83.7 Å². The average molecular weight is 444 g/mol. The number of H-pyrrole nitrogens is 1. The number of aromatic nitrogens is 1. The average Bonchev–Trinajstić information content (AvgIpc) is 3.59. The highest BCUT2D eigenvalue weighted by Gasteiger charge is 2.67. The summed E-state index contributed by atoms with van der Waals surface area (Å²) >= 11 is 0. The summed E-state index contributed by atoms with van der Waals surface area (Å²) in [5.41, 5.74) is 2.18. The van der Waals surface area contributed by atoms with Gasteiger partial charge in [-0.05, 0) is 30.2 Å². The van der Waals surface area contributed by atoms with Gasteiger partial charge in [-0.3, -0.25) is 9.59 Å². The number of hydrogen-bond donors (Lipinski definition) is 2. The quantitative estimate of drug-likeness (QED) is 0.574. The highest BCUT2D eigenvalue weighted by atomic mass is 16.5. The Labute approximate surface area is 191 Å². The number of nitrogens with one attached hydrogen (secondary N) is 2. The normalized spacial score (nSPS) is 27.4. The Morgan fingerprint density at radius 2 is 2.06 bits per heavy atom. The number of rotatable bonds is 6. The van der Waals surface area contributed by atoms with E-state index < -0.39 is 17.4 Å². The standard InChI is InChI=1S/C26H25N3O4/c1-32-20-9-5-4-8-19(20)29-15-26-12-10-21(33-26)22(23(26)25(29)31)24(30)27-13-11-16-14-28-18-7-3-2-6-17(16)18/h2-10,12,14,21-23,28H,11,13,15H2,1H3,(H,27,30)/t21-,22+,23-,26-/m1/s1. The van der Waals surface area contributed by atoms with E-state index in [4.69, 9.17) is 9.47 Å². The summed E-state index contributed by atoms with van der Waals surface area (Å²) in [5, 5.41) is 4.22. The number of hydrogen-bond acceptors (Lipinski definition) is 4. The predicted octanol–water partition coefficient (Wildman–Crippen LogP) is 2.82. The van der Waals surface area contributed by atoms with Crippen molar-refractivity contribution in [2.45, 2.75) is 18.1 Å². The third-order valence-corrected chi connectivity index (χ3v) is 7.15. The maximum Gasteiger partial charge on any atom is 0.234 e. The Morgan fingerprint density at radius 3 is 2.94 bits per heavy atom. The fourth-order valence-corrected chi connectivity index (χ4v) is 5.63. The van der Waals surface area contributed by atoms with Gasteiger partial charge in [-0.1, -0.05) is 42.5 Å². The zero-order chi connectivity index (χ0) is 22.6. The number of para-hydroxylation sites is 3. The number of anilines is 1. The van der Waals surface area contributed by atoms with E-state index in [2.05, 4.69) is 16.4 Å². The minimum Gasteiger partial charge on any atom is -0.495 e. The van der Waals surface area contributed by atoms with E-state index in [0.29, 0.717) is 30.9 Å². The van der Waals surface area contributed by atoms with Gasteiger partial charge < -0.3 is 24.7 Å². The fourth-order valence-electron chi connectivity index (χ4n) is 5.63. The van der Waals surface area contributed by atoms with Crippen LogP contribution in [0, 0.1) is 11.8 Å². The Hall–Kier alpha value is -3.58. The van der Waals surface area contributed by atoms with Gasteiger partial charge in [-0.2, -0.15) is 0 Å². The van der Waals surface area contributed by atoms with E-state index in [-0.39, 0.29) is 17.9 Å². The molecule has 4 heterocycles. The molecule has 0 radical (unpaired) electrons. The van der Waals surface area contributed by atoms with E-state index in [9.17, 15) is 9.59 Å². The Bertz CT molecular complexity index is 1280. The zero-order valence-corrected chi connectivity index (χ0v) is 18.3. The molecule has 7 heteroatoms. The molecule has 6 rings (SSSR count). The first-order valence-corrected chi connectivity index (χ1v) is 11.3. The second-order valence-electron chi connectivity index (χ2n) is 8.90. The van der Waals surface area contributed by atoms with Gasteiger partial charge in [-0.15, -0.1) is 0 Å². The molecule has 1 spiro atoms. The molecule has 33 heavy (non-hydrogen) atoms. The summed E-state index contributed by atoms with van der Waals surface area (Å²) in [6.07, 6.45) is 6.22. The Balaban J connectivity index is 1.19. The molecule has 0 unspecified atom stereocenters. The van der Waals surface area contributed by atoms with Gasteiger partial charge in [0.2, 0.25) is 11.8 Å². The van der Waals surface area contributed by atoms with Crippen molar-refractivity contribution < 1.29 is 19.1 Å². The molecule has 3 aliphatic heterocycles. The van der Waals surface area contributed by atoms with Crippen LogP contribution in [0.5, 0.6) is 5.75 Å². The number of fused-ring (bicyclic) bond motifs is 2. The van der Waals surface area contributed by atoms with Crippen LogP contribution in [-0.2, 0) is 20.7 Å². The number of ether oxygens (including phenoxy) is 2. The number of carbonyl (C=O) groups excluding carboxylic acids is 2. The van der Waals surface area contributed by atoms with Crippen LogP contribution in [0.4, 0.5) is 5.69 Å². The van der Waals surface area contributed by atoms with Gasteiger partial charge in [0, 0.05) is 23.6 Å². The molecule has 0 saturated carbocycles. The van der Waals surface area contributed by atoms with Crippen LogP contribution in [0.25, 0.3) is 10.9 Å². The van der Waals surface area contributed by atoms with Crippen LogP contribution in [0.2, 0.25) is 0 Å². The lowest BCUT2D eigenvalue weighted by molar-refractivity contribution is -0.131. The van der Waals surface area contributed by atoms with Crippen molar-refractivity contribution in [2.75, 3.05) is 25.1 Å². The highest BCUT2D eigenvalue weighted by molar-refractivity contribution is 6.04. The summed E-state index contributed by atoms with van der Waals surface area (Å²) < 4.78 is 11.7. The van der Waals surface area contributed by atoms with Crippen LogP contribution in [0.15, 0.2) is 66.9 Å². The fraction of sp³-hybridized carbons (Fsp3) is 0.308. The van der Waals surface area contributed by atoms with Gasteiger partial charge >= 0.3 is 0 Å². The minimum absolute atomic E-state index is 0.0943. The van der Waals surface area contributed by atoms with Crippen molar-refractivity contribution in [3.63, 3.8) is 0 Å². The third-order valence-electron chi connectivity index (χ3n) is 7.15. The van der Waals surface area contributed by atoms with Crippen molar-refractivity contribution in [3.05, 3.63) is 72.4 Å². The molecule has 4 atom stereocenters. The molecule has 7 nitrogen and oxygen atoms in total. The Kier molecular flexibility index (Phi) is 4.55. The SMILES string of the molecule is COc1ccccc1N1C[C@@]23C=C[C@@H](O2)[C@H](C(=O)NCCc2c[nH]c4ccccc24)[C@@H]3C1=O. The van der Waals surface area contributed by atoms with Crippen LogP contribution >= 0.6 is 0 Å². The van der Waals surface area contributed by atoms with E-state index in [1.807, 2.05) is 60.8 Å². The van der Waals surface area contributed by atoms with Crippen LogP contribution in [0.3, 0.4) is 0 Å². The number of aromatic amines is 1.